The molecule has 0 radical (unpaired) electrons. The van der Waals surface area contributed by atoms with E-state index in [0.29, 0.717) is 5.70 Å². The zero-order valence-corrected chi connectivity index (χ0v) is 5.54. The van der Waals surface area contributed by atoms with Crippen LogP contribution in [0, 0.1) is 0 Å². The fraction of sp³-hybridized carbons (Fsp3) is 0.429. The molecule has 0 bridgehead atoms. The normalized spacial score (nSPS) is 29.4. The molecule has 0 aromatic heterocycles. The van der Waals surface area contributed by atoms with Crippen LogP contribution in [0.15, 0.2) is 23.8 Å². The first-order chi connectivity index (χ1) is 4.86. The molecule has 2 rings (SSSR count). The van der Waals surface area contributed by atoms with Crippen molar-refractivity contribution in [3.05, 3.63) is 23.8 Å². The SMILES string of the molecule is NC1=COC2CCOC2=C1. The lowest BCUT2D eigenvalue weighted by Gasteiger charge is -2.14. The highest BCUT2D eigenvalue weighted by Crippen LogP contribution is 2.24. The minimum Gasteiger partial charge on any atom is -0.494 e. The van der Waals surface area contributed by atoms with Crippen LogP contribution in [0.2, 0.25) is 0 Å². The summed E-state index contributed by atoms with van der Waals surface area (Å²) in [4.78, 5) is 0. The van der Waals surface area contributed by atoms with E-state index in [4.69, 9.17) is 15.2 Å². The Morgan fingerprint density at radius 1 is 1.60 bits per heavy atom. The van der Waals surface area contributed by atoms with Gasteiger partial charge in [0, 0.05) is 12.5 Å². The molecule has 1 atom stereocenters. The van der Waals surface area contributed by atoms with Gasteiger partial charge in [-0.25, -0.2) is 0 Å². The Labute approximate surface area is 59.1 Å². The fourth-order valence-electron chi connectivity index (χ4n) is 1.15. The van der Waals surface area contributed by atoms with Crippen LogP contribution in [0.3, 0.4) is 0 Å². The van der Waals surface area contributed by atoms with E-state index in [1.165, 1.54) is 0 Å². The van der Waals surface area contributed by atoms with Crippen molar-refractivity contribution >= 4 is 0 Å². The number of fused-ring (bicyclic) bond motifs is 1. The van der Waals surface area contributed by atoms with Crippen LogP contribution in [-0.4, -0.2) is 12.7 Å². The van der Waals surface area contributed by atoms with E-state index < -0.39 is 0 Å². The first-order valence-electron chi connectivity index (χ1n) is 3.32. The number of hydrogen-bond acceptors (Lipinski definition) is 3. The van der Waals surface area contributed by atoms with E-state index in [1.807, 2.05) is 6.08 Å². The molecule has 2 N–H and O–H groups in total. The van der Waals surface area contributed by atoms with Gasteiger partial charge in [-0.1, -0.05) is 0 Å². The van der Waals surface area contributed by atoms with Gasteiger partial charge in [0.1, 0.15) is 12.0 Å². The molecule has 54 valence electrons. The van der Waals surface area contributed by atoms with Crippen molar-refractivity contribution in [3.8, 4) is 0 Å². The van der Waals surface area contributed by atoms with Gasteiger partial charge in [-0.05, 0) is 0 Å². The van der Waals surface area contributed by atoms with Gasteiger partial charge < -0.3 is 15.2 Å². The predicted molar refractivity (Wildman–Crippen MR) is 35.8 cm³/mol. The van der Waals surface area contributed by atoms with E-state index in [-0.39, 0.29) is 6.10 Å². The standard InChI is InChI=1S/C7H9NO2/c8-5-3-7-6(10-4-5)1-2-9-7/h3-4,6H,1-2,8H2. The molecule has 10 heavy (non-hydrogen) atoms. The number of hydrogen-bond donors (Lipinski definition) is 1. The van der Waals surface area contributed by atoms with Crippen molar-refractivity contribution in [2.24, 2.45) is 5.73 Å². The molecule has 3 nitrogen and oxygen atoms in total. The quantitative estimate of drug-likeness (QED) is 0.531. The van der Waals surface area contributed by atoms with Crippen molar-refractivity contribution in [1.29, 1.82) is 0 Å². The Balaban J connectivity index is 2.24. The van der Waals surface area contributed by atoms with Gasteiger partial charge in [-0.3, -0.25) is 0 Å². The number of allylic oxidation sites excluding steroid dienone is 1. The first-order valence-corrected chi connectivity index (χ1v) is 3.32. The maximum Gasteiger partial charge on any atom is 0.158 e. The number of nitrogens with two attached hydrogens (primary N) is 1. The second-order valence-electron chi connectivity index (χ2n) is 2.43. The lowest BCUT2D eigenvalue weighted by atomic mass is 10.2. The largest absolute Gasteiger partial charge is 0.494 e. The zero-order chi connectivity index (χ0) is 6.97. The number of rotatable bonds is 0. The summed E-state index contributed by atoms with van der Waals surface area (Å²) in [6.07, 6.45) is 4.46. The van der Waals surface area contributed by atoms with E-state index in [1.54, 1.807) is 6.26 Å². The summed E-state index contributed by atoms with van der Waals surface area (Å²) in [5.41, 5.74) is 6.10. The highest BCUT2D eigenvalue weighted by Gasteiger charge is 2.25. The van der Waals surface area contributed by atoms with Crippen molar-refractivity contribution in [2.45, 2.75) is 12.5 Å². The first kappa shape index (κ1) is 5.65. The van der Waals surface area contributed by atoms with Gasteiger partial charge in [-0.2, -0.15) is 0 Å². The Morgan fingerprint density at radius 3 is 3.40 bits per heavy atom. The highest BCUT2D eigenvalue weighted by molar-refractivity contribution is 5.23. The van der Waals surface area contributed by atoms with Crippen LogP contribution in [0.5, 0.6) is 0 Å². The molecule has 0 aromatic rings. The van der Waals surface area contributed by atoms with E-state index in [9.17, 15) is 0 Å². The highest BCUT2D eigenvalue weighted by atomic mass is 16.5. The van der Waals surface area contributed by atoms with Crippen LogP contribution >= 0.6 is 0 Å². The van der Waals surface area contributed by atoms with Gasteiger partial charge in [0.05, 0.1) is 12.3 Å². The van der Waals surface area contributed by atoms with Gasteiger partial charge >= 0.3 is 0 Å². The third-order valence-corrected chi connectivity index (χ3v) is 1.64. The van der Waals surface area contributed by atoms with Gasteiger partial charge in [0.25, 0.3) is 0 Å². The van der Waals surface area contributed by atoms with Crippen molar-refractivity contribution in [3.63, 3.8) is 0 Å². The summed E-state index contributed by atoms with van der Waals surface area (Å²) in [7, 11) is 0. The molecule has 1 saturated heterocycles. The molecule has 2 aliphatic heterocycles. The topological polar surface area (TPSA) is 44.5 Å². The van der Waals surface area contributed by atoms with Crippen LogP contribution in [-0.2, 0) is 9.47 Å². The van der Waals surface area contributed by atoms with Gasteiger partial charge in [0.15, 0.2) is 6.10 Å². The maximum absolute atomic E-state index is 5.47. The zero-order valence-electron chi connectivity index (χ0n) is 5.54. The summed E-state index contributed by atoms with van der Waals surface area (Å²) in [6, 6.07) is 0. The Bertz CT molecular complexity index is 208. The minimum atomic E-state index is 0.132. The summed E-state index contributed by atoms with van der Waals surface area (Å²) in [5.74, 6) is 0.875. The monoisotopic (exact) mass is 139 g/mol. The van der Waals surface area contributed by atoms with Crippen molar-refractivity contribution < 1.29 is 9.47 Å². The molecule has 0 saturated carbocycles. The average molecular weight is 139 g/mol. The summed E-state index contributed by atoms with van der Waals surface area (Å²) >= 11 is 0. The minimum absolute atomic E-state index is 0.132. The predicted octanol–water partition coefficient (Wildman–Crippen LogP) is 0.490. The molecule has 0 amide bonds. The maximum atomic E-state index is 5.47. The third-order valence-electron chi connectivity index (χ3n) is 1.64. The molecule has 2 heterocycles. The van der Waals surface area contributed by atoms with E-state index in [2.05, 4.69) is 0 Å². The summed E-state index contributed by atoms with van der Waals surface area (Å²) < 4.78 is 10.5. The number of ether oxygens (including phenoxy) is 2. The molecule has 0 spiro atoms. The van der Waals surface area contributed by atoms with E-state index >= 15 is 0 Å². The smallest absolute Gasteiger partial charge is 0.158 e. The van der Waals surface area contributed by atoms with Crippen molar-refractivity contribution in [1.82, 2.24) is 0 Å². The molecule has 0 aliphatic carbocycles. The molecule has 0 aromatic carbocycles. The van der Waals surface area contributed by atoms with Crippen LogP contribution in [0.4, 0.5) is 0 Å². The second-order valence-corrected chi connectivity index (χ2v) is 2.43. The lowest BCUT2D eigenvalue weighted by Crippen LogP contribution is -2.13. The average Bonchev–Trinajstić information content (AvgIpc) is 2.33. The molecule has 1 unspecified atom stereocenters. The Morgan fingerprint density at radius 2 is 2.50 bits per heavy atom. The van der Waals surface area contributed by atoms with Crippen molar-refractivity contribution in [2.75, 3.05) is 6.61 Å². The second kappa shape index (κ2) is 1.94. The molecular weight excluding hydrogens is 130 g/mol. The van der Waals surface area contributed by atoms with Gasteiger partial charge in [0.2, 0.25) is 0 Å². The third kappa shape index (κ3) is 0.744. The molecular formula is C7H9NO2. The Hall–Kier alpha value is -1.12. The van der Waals surface area contributed by atoms with Crippen LogP contribution in [0.1, 0.15) is 6.42 Å². The van der Waals surface area contributed by atoms with Crippen LogP contribution in [0.25, 0.3) is 0 Å². The Kier molecular flexibility index (Phi) is 1.09. The van der Waals surface area contributed by atoms with Gasteiger partial charge in [-0.15, -0.1) is 0 Å². The van der Waals surface area contributed by atoms with E-state index in [0.717, 1.165) is 18.8 Å². The fourth-order valence-corrected chi connectivity index (χ4v) is 1.15. The lowest BCUT2D eigenvalue weighted by molar-refractivity contribution is 0.156. The molecule has 3 heteroatoms. The molecule has 1 fully saturated rings. The summed E-state index contributed by atoms with van der Waals surface area (Å²) in [6.45, 7) is 0.748. The molecule has 2 aliphatic rings. The summed E-state index contributed by atoms with van der Waals surface area (Å²) in [5, 5.41) is 0. The van der Waals surface area contributed by atoms with Crippen LogP contribution < -0.4 is 5.73 Å².